The second kappa shape index (κ2) is 7.79. The van der Waals surface area contributed by atoms with Crippen molar-refractivity contribution >= 4 is 11.7 Å². The van der Waals surface area contributed by atoms with E-state index in [4.69, 9.17) is 4.74 Å². The van der Waals surface area contributed by atoms with E-state index in [9.17, 15) is 4.79 Å². The van der Waals surface area contributed by atoms with Crippen LogP contribution in [-0.2, 0) is 4.79 Å². The molecule has 2 saturated heterocycles. The zero-order chi connectivity index (χ0) is 16.9. The van der Waals surface area contributed by atoms with Crippen molar-refractivity contribution in [2.75, 3.05) is 51.3 Å². The summed E-state index contributed by atoms with van der Waals surface area (Å²) in [5.74, 6) is 1.64. The van der Waals surface area contributed by atoms with E-state index in [1.54, 1.807) is 19.5 Å². The van der Waals surface area contributed by atoms with Gasteiger partial charge in [0.1, 0.15) is 0 Å². The molecule has 7 nitrogen and oxygen atoms in total. The number of methoxy groups -OCH3 is 1. The summed E-state index contributed by atoms with van der Waals surface area (Å²) in [7, 11) is 1.60. The van der Waals surface area contributed by atoms with Crippen molar-refractivity contribution in [3.63, 3.8) is 0 Å². The number of carbonyl (C=O) groups excluding carboxylic acids is 1. The average Bonchev–Trinajstić information content (AvgIpc) is 2.62. The SMILES string of the molecule is COc1cncc(N2CCN(CC(=O)N3CCCCC3C)CC2)n1. The third kappa shape index (κ3) is 3.95. The lowest BCUT2D eigenvalue weighted by Crippen LogP contribution is -2.52. The van der Waals surface area contributed by atoms with Gasteiger partial charge in [0.15, 0.2) is 5.82 Å². The molecule has 3 rings (SSSR count). The van der Waals surface area contributed by atoms with Crippen LogP contribution < -0.4 is 9.64 Å². The maximum Gasteiger partial charge on any atom is 0.236 e. The highest BCUT2D eigenvalue weighted by molar-refractivity contribution is 5.78. The first-order valence-electron chi connectivity index (χ1n) is 8.80. The first-order chi connectivity index (χ1) is 11.7. The number of amides is 1. The molecule has 1 aromatic rings. The number of likely N-dealkylation sites (tertiary alicyclic amines) is 1. The van der Waals surface area contributed by atoms with Crippen LogP contribution in [0.25, 0.3) is 0 Å². The second-order valence-corrected chi connectivity index (χ2v) is 6.61. The molecule has 7 heteroatoms. The van der Waals surface area contributed by atoms with Crippen LogP contribution in [0.2, 0.25) is 0 Å². The monoisotopic (exact) mass is 333 g/mol. The molecule has 1 aromatic heterocycles. The third-order valence-electron chi connectivity index (χ3n) is 4.99. The van der Waals surface area contributed by atoms with Gasteiger partial charge in [-0.25, -0.2) is 0 Å². The molecule has 0 radical (unpaired) electrons. The van der Waals surface area contributed by atoms with Gasteiger partial charge < -0.3 is 14.5 Å². The Morgan fingerprint density at radius 2 is 2.00 bits per heavy atom. The van der Waals surface area contributed by atoms with Crippen molar-refractivity contribution in [3.05, 3.63) is 12.4 Å². The highest BCUT2D eigenvalue weighted by atomic mass is 16.5. The molecular formula is C17H27N5O2. The summed E-state index contributed by atoms with van der Waals surface area (Å²) < 4.78 is 5.14. The summed E-state index contributed by atoms with van der Waals surface area (Å²) in [6.07, 6.45) is 6.88. The lowest BCUT2D eigenvalue weighted by molar-refractivity contribution is -0.135. The Kier molecular flexibility index (Phi) is 5.50. The molecule has 24 heavy (non-hydrogen) atoms. The number of carbonyl (C=O) groups is 1. The van der Waals surface area contributed by atoms with E-state index in [1.807, 2.05) is 0 Å². The van der Waals surface area contributed by atoms with E-state index in [0.29, 0.717) is 18.5 Å². The number of aromatic nitrogens is 2. The van der Waals surface area contributed by atoms with Gasteiger partial charge in [0.2, 0.25) is 11.8 Å². The van der Waals surface area contributed by atoms with Gasteiger partial charge in [-0.15, -0.1) is 0 Å². The van der Waals surface area contributed by atoms with Gasteiger partial charge in [-0.05, 0) is 26.2 Å². The Balaban J connectivity index is 1.50. The minimum absolute atomic E-state index is 0.275. The van der Waals surface area contributed by atoms with Gasteiger partial charge in [0.05, 0.1) is 26.0 Å². The number of hydrogen-bond donors (Lipinski definition) is 0. The molecular weight excluding hydrogens is 306 g/mol. The lowest BCUT2D eigenvalue weighted by Gasteiger charge is -2.38. The van der Waals surface area contributed by atoms with Crippen LogP contribution in [-0.4, -0.2) is 78.1 Å². The quantitative estimate of drug-likeness (QED) is 0.819. The van der Waals surface area contributed by atoms with Crippen LogP contribution in [0.1, 0.15) is 26.2 Å². The fourth-order valence-electron chi connectivity index (χ4n) is 3.47. The molecule has 0 aromatic carbocycles. The molecule has 0 bridgehead atoms. The van der Waals surface area contributed by atoms with E-state index in [2.05, 4.69) is 31.6 Å². The van der Waals surface area contributed by atoms with E-state index in [1.165, 1.54) is 6.42 Å². The van der Waals surface area contributed by atoms with Crippen molar-refractivity contribution < 1.29 is 9.53 Å². The lowest BCUT2D eigenvalue weighted by atomic mass is 10.0. The number of hydrogen-bond acceptors (Lipinski definition) is 6. The Morgan fingerprint density at radius 1 is 1.21 bits per heavy atom. The zero-order valence-electron chi connectivity index (χ0n) is 14.6. The normalized spacial score (nSPS) is 22.5. The molecule has 0 N–H and O–H groups in total. The first kappa shape index (κ1) is 17.0. The number of nitrogens with zero attached hydrogens (tertiary/aromatic N) is 5. The topological polar surface area (TPSA) is 61.8 Å². The van der Waals surface area contributed by atoms with Gasteiger partial charge in [0, 0.05) is 38.8 Å². The van der Waals surface area contributed by atoms with Crippen molar-refractivity contribution in [1.29, 1.82) is 0 Å². The first-order valence-corrected chi connectivity index (χ1v) is 8.80. The van der Waals surface area contributed by atoms with Crippen molar-refractivity contribution in [2.45, 2.75) is 32.2 Å². The highest BCUT2D eigenvalue weighted by Crippen LogP contribution is 2.18. The van der Waals surface area contributed by atoms with Crippen molar-refractivity contribution in [2.24, 2.45) is 0 Å². The smallest absolute Gasteiger partial charge is 0.236 e. The van der Waals surface area contributed by atoms with Gasteiger partial charge in [-0.1, -0.05) is 0 Å². The Hall–Kier alpha value is -1.89. The molecule has 132 valence electrons. The van der Waals surface area contributed by atoms with Crippen LogP contribution in [0.15, 0.2) is 12.4 Å². The average molecular weight is 333 g/mol. The van der Waals surface area contributed by atoms with Crippen LogP contribution in [0.4, 0.5) is 5.82 Å². The van der Waals surface area contributed by atoms with Gasteiger partial charge in [-0.3, -0.25) is 14.7 Å². The molecule has 2 fully saturated rings. The van der Waals surface area contributed by atoms with Gasteiger partial charge in [-0.2, -0.15) is 4.98 Å². The molecule has 1 amide bonds. The molecule has 0 aliphatic carbocycles. The Labute approximate surface area is 143 Å². The maximum atomic E-state index is 12.5. The van der Waals surface area contributed by atoms with Gasteiger partial charge >= 0.3 is 0 Å². The maximum absolute atomic E-state index is 12.5. The number of piperazine rings is 1. The van der Waals surface area contributed by atoms with Gasteiger partial charge in [0.25, 0.3) is 0 Å². The summed E-state index contributed by atoms with van der Waals surface area (Å²) in [5.41, 5.74) is 0. The second-order valence-electron chi connectivity index (χ2n) is 6.61. The highest BCUT2D eigenvalue weighted by Gasteiger charge is 2.26. The van der Waals surface area contributed by atoms with Crippen molar-refractivity contribution in [1.82, 2.24) is 19.8 Å². The molecule has 0 saturated carbocycles. The van der Waals surface area contributed by atoms with Crippen molar-refractivity contribution in [3.8, 4) is 5.88 Å². The molecule has 1 atom stereocenters. The predicted molar refractivity (Wildman–Crippen MR) is 92.3 cm³/mol. The van der Waals surface area contributed by atoms with E-state index in [0.717, 1.165) is 51.4 Å². The minimum atomic E-state index is 0.275. The zero-order valence-corrected chi connectivity index (χ0v) is 14.6. The fraction of sp³-hybridized carbons (Fsp3) is 0.706. The minimum Gasteiger partial charge on any atom is -0.480 e. The molecule has 3 heterocycles. The number of piperidine rings is 1. The fourth-order valence-corrected chi connectivity index (χ4v) is 3.47. The largest absolute Gasteiger partial charge is 0.480 e. The number of rotatable bonds is 4. The van der Waals surface area contributed by atoms with E-state index >= 15 is 0 Å². The van der Waals surface area contributed by atoms with Crippen LogP contribution in [0.3, 0.4) is 0 Å². The Bertz CT molecular complexity index is 560. The van der Waals surface area contributed by atoms with Crippen LogP contribution in [0.5, 0.6) is 5.88 Å². The molecule has 2 aliphatic heterocycles. The molecule has 1 unspecified atom stereocenters. The Morgan fingerprint density at radius 3 is 2.71 bits per heavy atom. The molecule has 2 aliphatic rings. The summed E-state index contributed by atoms with van der Waals surface area (Å²) in [4.78, 5) is 27.6. The molecule has 0 spiro atoms. The van der Waals surface area contributed by atoms with E-state index < -0.39 is 0 Å². The summed E-state index contributed by atoms with van der Waals surface area (Å²) in [6.45, 7) is 7.05. The summed E-state index contributed by atoms with van der Waals surface area (Å²) >= 11 is 0. The van der Waals surface area contributed by atoms with Crippen LogP contribution >= 0.6 is 0 Å². The number of ether oxygens (including phenoxy) is 1. The third-order valence-corrected chi connectivity index (χ3v) is 4.99. The summed E-state index contributed by atoms with van der Waals surface area (Å²) in [5, 5.41) is 0. The van der Waals surface area contributed by atoms with Crippen LogP contribution in [0, 0.1) is 0 Å². The van der Waals surface area contributed by atoms with E-state index in [-0.39, 0.29) is 5.91 Å². The summed E-state index contributed by atoms with van der Waals surface area (Å²) in [6, 6.07) is 0.389. The standard InChI is InChI=1S/C17H27N5O2/c1-14-5-3-4-6-22(14)17(23)13-20-7-9-21(10-8-20)15-11-18-12-16(19-15)24-2/h11-12,14H,3-10,13H2,1-2H3. The predicted octanol–water partition coefficient (Wildman–Crippen LogP) is 1.01. The number of anilines is 1.